The molecule has 2 heterocycles. The summed E-state index contributed by atoms with van der Waals surface area (Å²) in [7, 11) is -3.20. The zero-order valence-corrected chi connectivity index (χ0v) is 15.0. The molecule has 3 rings (SSSR count). The molecule has 142 valence electrons. The van der Waals surface area contributed by atoms with Gasteiger partial charge in [0, 0.05) is 23.3 Å². The fourth-order valence-corrected chi connectivity index (χ4v) is 5.67. The molecule has 0 spiro atoms. The molecule has 0 saturated heterocycles. The van der Waals surface area contributed by atoms with Crippen LogP contribution in [0.1, 0.15) is 18.5 Å². The molecule has 0 radical (unpaired) electrons. The summed E-state index contributed by atoms with van der Waals surface area (Å²) < 4.78 is 61.6. The van der Waals surface area contributed by atoms with Gasteiger partial charge in [0.1, 0.15) is 5.69 Å². The van der Waals surface area contributed by atoms with Crippen LogP contribution in [0.2, 0.25) is 0 Å². The van der Waals surface area contributed by atoms with Crippen LogP contribution in [0, 0.1) is 0 Å². The Labute approximate surface area is 151 Å². The Morgan fingerprint density at radius 2 is 2.04 bits per heavy atom. The highest BCUT2D eigenvalue weighted by molar-refractivity contribution is 7.93. The summed E-state index contributed by atoms with van der Waals surface area (Å²) in [5.41, 5.74) is 1.68. The molecular formula is C15H16F3N3O3S2. The van der Waals surface area contributed by atoms with Crippen molar-refractivity contribution in [2.45, 2.75) is 30.7 Å². The highest BCUT2D eigenvalue weighted by Gasteiger charge is 2.57. The SMILES string of the molecule is N[C@H]1CCS(=O)(CC[C@@](O)(c2nsc3ccccc23)C(F)(F)F)=NC1=O. The number of rotatable bonds is 4. The Bertz CT molecular complexity index is 966. The van der Waals surface area contributed by atoms with Gasteiger partial charge in [0.05, 0.1) is 20.5 Å². The van der Waals surface area contributed by atoms with E-state index in [1.807, 2.05) is 0 Å². The fourth-order valence-electron chi connectivity index (χ4n) is 2.75. The lowest BCUT2D eigenvalue weighted by Gasteiger charge is -2.30. The second kappa shape index (κ2) is 6.55. The van der Waals surface area contributed by atoms with Crippen molar-refractivity contribution in [3.63, 3.8) is 0 Å². The summed E-state index contributed by atoms with van der Waals surface area (Å²) in [6.45, 7) is 0. The van der Waals surface area contributed by atoms with Crippen molar-refractivity contribution in [1.29, 1.82) is 0 Å². The van der Waals surface area contributed by atoms with Crippen LogP contribution >= 0.6 is 11.5 Å². The summed E-state index contributed by atoms with van der Waals surface area (Å²) >= 11 is 0.843. The molecule has 1 aromatic heterocycles. The van der Waals surface area contributed by atoms with Gasteiger partial charge in [-0.2, -0.15) is 21.9 Å². The number of fused-ring (bicyclic) bond motifs is 1. The maximum atomic E-state index is 13.7. The van der Waals surface area contributed by atoms with Crippen molar-refractivity contribution in [2.75, 3.05) is 11.5 Å². The van der Waals surface area contributed by atoms with E-state index < -0.39 is 51.3 Å². The van der Waals surface area contributed by atoms with Crippen molar-refractivity contribution in [3.8, 4) is 0 Å². The summed E-state index contributed by atoms with van der Waals surface area (Å²) in [5, 5.41) is 10.7. The van der Waals surface area contributed by atoms with Crippen molar-refractivity contribution >= 4 is 37.3 Å². The van der Waals surface area contributed by atoms with E-state index in [1.165, 1.54) is 6.07 Å². The van der Waals surface area contributed by atoms with Gasteiger partial charge in [0.15, 0.2) is 0 Å². The number of halogens is 3. The minimum Gasteiger partial charge on any atom is -0.375 e. The second-order valence-corrected chi connectivity index (χ2v) is 9.49. The van der Waals surface area contributed by atoms with E-state index in [9.17, 15) is 27.3 Å². The van der Waals surface area contributed by atoms with Crippen LogP contribution in [-0.2, 0) is 20.1 Å². The number of nitrogens with zero attached hydrogens (tertiary/aromatic N) is 2. The number of hydrogen-bond acceptors (Lipinski definition) is 6. The van der Waals surface area contributed by atoms with Crippen LogP contribution in [0.4, 0.5) is 13.2 Å². The van der Waals surface area contributed by atoms with E-state index in [1.54, 1.807) is 18.2 Å². The lowest BCUT2D eigenvalue weighted by Crippen LogP contribution is -2.45. The molecule has 0 fully saturated rings. The van der Waals surface area contributed by atoms with Gasteiger partial charge >= 0.3 is 6.18 Å². The molecule has 1 aliphatic rings. The first kappa shape index (κ1) is 19.2. The standard InChI is InChI=1S/C15H16F3N3O3S2/c16-15(17,18)14(23,12-9-3-1-2-4-11(9)25-20-12)6-8-26(24)7-5-10(19)13(22)21-26/h1-4,10,23H,5-8,19H2/t10-,14+,26?/m0/s1. The monoisotopic (exact) mass is 407 g/mol. The van der Waals surface area contributed by atoms with Gasteiger partial charge in [0.2, 0.25) is 5.60 Å². The van der Waals surface area contributed by atoms with Gasteiger partial charge < -0.3 is 10.8 Å². The number of carbonyl (C=O) groups is 1. The normalized spacial score (nSPS) is 26.5. The van der Waals surface area contributed by atoms with Crippen molar-refractivity contribution < 1.29 is 27.3 Å². The fraction of sp³-hybridized carbons (Fsp3) is 0.467. The number of nitrogens with two attached hydrogens (primary N) is 1. The number of aromatic nitrogens is 1. The van der Waals surface area contributed by atoms with Crippen LogP contribution in [-0.4, -0.2) is 43.3 Å². The van der Waals surface area contributed by atoms with E-state index in [0.717, 1.165) is 11.5 Å². The van der Waals surface area contributed by atoms with E-state index in [4.69, 9.17) is 5.73 Å². The predicted octanol–water partition coefficient (Wildman–Crippen LogP) is 2.16. The second-order valence-electron chi connectivity index (χ2n) is 6.14. The summed E-state index contributed by atoms with van der Waals surface area (Å²) in [6.07, 6.45) is -5.85. The van der Waals surface area contributed by atoms with E-state index >= 15 is 0 Å². The van der Waals surface area contributed by atoms with Crippen LogP contribution in [0.3, 0.4) is 0 Å². The lowest BCUT2D eigenvalue weighted by atomic mass is 9.93. The molecular weight excluding hydrogens is 391 g/mol. The number of amides is 1. The lowest BCUT2D eigenvalue weighted by molar-refractivity contribution is -0.268. The highest BCUT2D eigenvalue weighted by atomic mass is 32.2. The number of carbonyl (C=O) groups excluding carboxylic acids is 1. The molecule has 26 heavy (non-hydrogen) atoms. The molecule has 3 N–H and O–H groups in total. The molecule has 1 aromatic carbocycles. The third-order valence-corrected chi connectivity index (χ3v) is 7.40. The first-order chi connectivity index (χ1) is 12.1. The Kier molecular flexibility index (Phi) is 4.84. The molecule has 3 atom stereocenters. The quantitative estimate of drug-likeness (QED) is 0.808. The van der Waals surface area contributed by atoms with E-state index in [2.05, 4.69) is 8.74 Å². The zero-order chi connectivity index (χ0) is 19.2. The van der Waals surface area contributed by atoms with E-state index in [0.29, 0.717) is 4.70 Å². The minimum atomic E-state index is -5.03. The van der Waals surface area contributed by atoms with Crippen LogP contribution in [0.15, 0.2) is 28.6 Å². The summed E-state index contributed by atoms with van der Waals surface area (Å²) in [4.78, 5) is 11.6. The summed E-state index contributed by atoms with van der Waals surface area (Å²) in [6, 6.07) is 5.37. The molecule has 2 aromatic rings. The van der Waals surface area contributed by atoms with Gasteiger partial charge in [-0.1, -0.05) is 18.2 Å². The third kappa shape index (κ3) is 3.36. The Morgan fingerprint density at radius 3 is 2.69 bits per heavy atom. The molecule has 11 heteroatoms. The minimum absolute atomic E-state index is 0.0777. The molecule has 0 bridgehead atoms. The highest BCUT2D eigenvalue weighted by Crippen LogP contribution is 2.44. The largest absolute Gasteiger partial charge is 0.423 e. The average molecular weight is 407 g/mol. The Balaban J connectivity index is 1.99. The maximum absolute atomic E-state index is 13.7. The first-order valence-corrected chi connectivity index (χ1v) is 10.3. The van der Waals surface area contributed by atoms with Crippen molar-refractivity contribution in [1.82, 2.24) is 4.37 Å². The Morgan fingerprint density at radius 1 is 1.35 bits per heavy atom. The number of aliphatic hydroxyl groups is 1. The first-order valence-electron chi connectivity index (χ1n) is 7.72. The Hall–Kier alpha value is -1.56. The number of alkyl halides is 3. The van der Waals surface area contributed by atoms with Crippen LogP contribution < -0.4 is 5.73 Å². The topological polar surface area (TPSA) is 106 Å². The van der Waals surface area contributed by atoms with Gasteiger partial charge in [-0.15, -0.1) is 0 Å². The molecule has 6 nitrogen and oxygen atoms in total. The smallest absolute Gasteiger partial charge is 0.375 e. The van der Waals surface area contributed by atoms with Crippen LogP contribution in [0.5, 0.6) is 0 Å². The molecule has 1 amide bonds. The van der Waals surface area contributed by atoms with Crippen LogP contribution in [0.25, 0.3) is 10.1 Å². The molecule has 1 aliphatic heterocycles. The van der Waals surface area contributed by atoms with Gasteiger partial charge in [-0.05, 0) is 24.0 Å². The molecule has 1 unspecified atom stereocenters. The van der Waals surface area contributed by atoms with Crippen molar-refractivity contribution in [2.24, 2.45) is 10.1 Å². The number of hydrogen-bond donors (Lipinski definition) is 2. The van der Waals surface area contributed by atoms with Crippen molar-refractivity contribution in [3.05, 3.63) is 30.0 Å². The third-order valence-electron chi connectivity index (χ3n) is 4.34. The zero-order valence-electron chi connectivity index (χ0n) is 13.4. The van der Waals surface area contributed by atoms with Gasteiger partial charge in [-0.25, -0.2) is 4.21 Å². The maximum Gasteiger partial charge on any atom is 0.423 e. The molecule has 0 saturated carbocycles. The number of benzene rings is 1. The average Bonchev–Trinajstić information content (AvgIpc) is 3.00. The summed E-state index contributed by atoms with van der Waals surface area (Å²) in [5.74, 6) is -1.44. The van der Waals surface area contributed by atoms with Gasteiger partial charge in [-0.3, -0.25) is 4.79 Å². The molecule has 0 aliphatic carbocycles. The van der Waals surface area contributed by atoms with Gasteiger partial charge in [0.25, 0.3) is 5.91 Å². The van der Waals surface area contributed by atoms with E-state index in [-0.39, 0.29) is 17.6 Å². The predicted molar refractivity (Wildman–Crippen MR) is 92.1 cm³/mol.